The monoisotopic (exact) mass is 530 g/mol. The Kier molecular flexibility index (Phi) is 16.7. The highest BCUT2D eigenvalue weighted by Gasteiger charge is 2.38. The van der Waals surface area contributed by atoms with E-state index in [0.717, 1.165) is 31.4 Å². The molecule has 0 aromatic carbocycles. The minimum Gasteiger partial charge on any atom is -0.480 e. The fourth-order valence-corrected chi connectivity index (χ4v) is 5.43. The third-order valence-corrected chi connectivity index (χ3v) is 8.78. The van der Waals surface area contributed by atoms with Gasteiger partial charge in [-0.2, -0.15) is 11.8 Å². The molecular weight excluding hydrogens is 476 g/mol. The summed E-state index contributed by atoms with van der Waals surface area (Å²) in [6.45, 7) is 17.6. The quantitative estimate of drug-likeness (QED) is 0.172. The summed E-state index contributed by atoms with van der Waals surface area (Å²) in [6, 6.07) is -0.888. The first-order valence-corrected chi connectivity index (χ1v) is 15.0. The number of hydrogen-bond donors (Lipinski definition) is 3. The molecule has 3 N–H and O–H groups in total. The molecule has 0 aliphatic rings. The van der Waals surface area contributed by atoms with Gasteiger partial charge in [0.15, 0.2) is 0 Å². The molecule has 0 bridgehead atoms. The van der Waals surface area contributed by atoms with Crippen molar-refractivity contribution in [1.29, 1.82) is 0 Å². The Balaban J connectivity index is 5.10. The molecule has 0 rings (SSSR count). The van der Waals surface area contributed by atoms with Crippen LogP contribution < -0.4 is 10.6 Å². The third-order valence-electron chi connectivity index (χ3n) is 7.18. The Morgan fingerprint density at radius 1 is 0.944 bits per heavy atom. The van der Waals surface area contributed by atoms with Crippen LogP contribution in [0.25, 0.3) is 0 Å². The van der Waals surface area contributed by atoms with Crippen LogP contribution in [0.4, 0.5) is 0 Å². The Bertz CT molecular complexity index is 655. The fourth-order valence-electron chi connectivity index (χ4n) is 4.27. The van der Waals surface area contributed by atoms with Crippen molar-refractivity contribution in [3.63, 3.8) is 0 Å². The van der Waals surface area contributed by atoms with Crippen molar-refractivity contribution in [2.75, 3.05) is 24.7 Å². The highest BCUT2D eigenvalue weighted by atomic mass is 32.2. The van der Waals surface area contributed by atoms with Crippen molar-refractivity contribution in [3.8, 4) is 0 Å². The van der Waals surface area contributed by atoms with E-state index in [1.54, 1.807) is 11.8 Å². The van der Waals surface area contributed by atoms with Gasteiger partial charge < -0.3 is 20.5 Å². The van der Waals surface area contributed by atoms with Crippen LogP contribution >= 0.6 is 11.8 Å². The number of carboxylic acids is 1. The number of rotatable bonds is 20. The second-order valence-corrected chi connectivity index (χ2v) is 12.2. The van der Waals surface area contributed by atoms with Crippen LogP contribution in [-0.4, -0.2) is 59.2 Å². The summed E-state index contributed by atoms with van der Waals surface area (Å²) in [5, 5.41) is 15.5. The SMILES string of the molecule is CCCC(=O)NCCC(CC)(CC)OCCC(CC)(CC)C(=O)NC(CCSCC(C)(C)C)C(=O)O. The lowest BCUT2D eigenvalue weighted by Crippen LogP contribution is -2.49. The number of carbonyl (C=O) groups excluding carboxylic acids is 2. The molecule has 8 heteroatoms. The number of hydrogen-bond acceptors (Lipinski definition) is 5. The maximum absolute atomic E-state index is 13.4. The molecule has 0 aliphatic carbocycles. The highest BCUT2D eigenvalue weighted by Crippen LogP contribution is 2.33. The molecule has 212 valence electrons. The first kappa shape index (κ1) is 34.7. The van der Waals surface area contributed by atoms with Gasteiger partial charge in [-0.3, -0.25) is 9.59 Å². The number of amides is 2. The lowest BCUT2D eigenvalue weighted by atomic mass is 9.78. The van der Waals surface area contributed by atoms with Gasteiger partial charge in [-0.1, -0.05) is 55.4 Å². The average Bonchev–Trinajstić information content (AvgIpc) is 2.82. The van der Waals surface area contributed by atoms with Gasteiger partial charge in [-0.05, 0) is 68.3 Å². The lowest BCUT2D eigenvalue weighted by Gasteiger charge is -2.36. The first-order chi connectivity index (χ1) is 16.8. The van der Waals surface area contributed by atoms with Gasteiger partial charge in [-0.25, -0.2) is 4.79 Å². The van der Waals surface area contributed by atoms with Crippen molar-refractivity contribution in [2.45, 2.75) is 125 Å². The van der Waals surface area contributed by atoms with Crippen LogP contribution in [0.2, 0.25) is 0 Å². The molecule has 0 aromatic rings. The summed E-state index contributed by atoms with van der Waals surface area (Å²) in [6.07, 6.45) is 5.87. The highest BCUT2D eigenvalue weighted by molar-refractivity contribution is 7.99. The van der Waals surface area contributed by atoms with E-state index in [1.807, 2.05) is 20.8 Å². The summed E-state index contributed by atoms with van der Waals surface area (Å²) in [7, 11) is 0. The van der Waals surface area contributed by atoms with Gasteiger partial charge in [-0.15, -0.1) is 0 Å². The molecule has 36 heavy (non-hydrogen) atoms. The maximum atomic E-state index is 13.4. The fraction of sp³-hybridized carbons (Fsp3) is 0.893. The van der Waals surface area contributed by atoms with Crippen LogP contribution in [0, 0.1) is 10.8 Å². The number of thioether (sulfide) groups is 1. The molecule has 2 amide bonds. The second kappa shape index (κ2) is 17.3. The van der Waals surface area contributed by atoms with E-state index in [0.29, 0.717) is 51.0 Å². The molecular formula is C28H54N2O5S. The van der Waals surface area contributed by atoms with E-state index in [2.05, 4.69) is 45.3 Å². The molecule has 7 nitrogen and oxygen atoms in total. The number of nitrogens with one attached hydrogen (secondary N) is 2. The molecule has 0 heterocycles. The van der Waals surface area contributed by atoms with E-state index in [-0.39, 0.29) is 22.8 Å². The van der Waals surface area contributed by atoms with Crippen LogP contribution in [-0.2, 0) is 19.1 Å². The third kappa shape index (κ3) is 12.8. The predicted octanol–water partition coefficient (Wildman–Crippen LogP) is 5.80. The minimum absolute atomic E-state index is 0.0658. The van der Waals surface area contributed by atoms with Crippen LogP contribution in [0.5, 0.6) is 0 Å². The molecule has 0 aromatic heterocycles. The second-order valence-electron chi connectivity index (χ2n) is 11.1. The Morgan fingerprint density at radius 3 is 2.03 bits per heavy atom. The number of carbonyl (C=O) groups is 3. The van der Waals surface area contributed by atoms with E-state index in [4.69, 9.17) is 4.74 Å². The first-order valence-electron chi connectivity index (χ1n) is 13.9. The Labute approximate surface area is 224 Å². The average molecular weight is 531 g/mol. The molecule has 0 saturated carbocycles. The van der Waals surface area contributed by atoms with Crippen LogP contribution in [0.1, 0.15) is 113 Å². The maximum Gasteiger partial charge on any atom is 0.326 e. The Morgan fingerprint density at radius 2 is 1.56 bits per heavy atom. The van der Waals surface area contributed by atoms with E-state index < -0.39 is 17.4 Å². The molecule has 1 atom stereocenters. The minimum atomic E-state index is -0.988. The van der Waals surface area contributed by atoms with E-state index in [1.165, 1.54) is 0 Å². The van der Waals surface area contributed by atoms with Crippen molar-refractivity contribution >= 4 is 29.5 Å². The van der Waals surface area contributed by atoms with Gasteiger partial charge in [0.2, 0.25) is 11.8 Å². The molecule has 0 fully saturated rings. The van der Waals surface area contributed by atoms with Crippen molar-refractivity contribution in [2.24, 2.45) is 10.8 Å². The summed E-state index contributed by atoms with van der Waals surface area (Å²) in [5.74, 6) is 0.508. The molecule has 0 radical (unpaired) electrons. The zero-order chi connectivity index (χ0) is 27.8. The molecule has 1 unspecified atom stereocenters. The summed E-state index contributed by atoms with van der Waals surface area (Å²) < 4.78 is 6.39. The predicted molar refractivity (Wildman–Crippen MR) is 150 cm³/mol. The topological polar surface area (TPSA) is 105 Å². The Hall–Kier alpha value is -1.28. The molecule has 0 spiro atoms. The van der Waals surface area contributed by atoms with Gasteiger partial charge in [0, 0.05) is 19.6 Å². The van der Waals surface area contributed by atoms with Crippen LogP contribution in [0.3, 0.4) is 0 Å². The smallest absolute Gasteiger partial charge is 0.326 e. The van der Waals surface area contributed by atoms with Gasteiger partial charge in [0.05, 0.1) is 11.0 Å². The largest absolute Gasteiger partial charge is 0.480 e. The summed E-state index contributed by atoms with van der Waals surface area (Å²) in [5.41, 5.74) is -0.842. The van der Waals surface area contributed by atoms with E-state index >= 15 is 0 Å². The normalized spacial score (nSPS) is 13.3. The van der Waals surface area contributed by atoms with Gasteiger partial charge in [0.1, 0.15) is 6.04 Å². The number of ether oxygens (including phenoxy) is 1. The summed E-state index contributed by atoms with van der Waals surface area (Å²) in [4.78, 5) is 37.0. The molecule has 0 saturated heterocycles. The molecule has 0 aliphatic heterocycles. The van der Waals surface area contributed by atoms with Crippen LogP contribution in [0.15, 0.2) is 0 Å². The van der Waals surface area contributed by atoms with Crippen molar-refractivity contribution in [1.82, 2.24) is 10.6 Å². The standard InChI is InChI=1S/C28H54N2O5S/c1-9-14-23(31)29-18-16-28(12-4,13-5)35-19-17-27(10-2,11-3)25(34)30-22(24(32)33)15-20-36-21-26(6,7)8/h22H,9-21H2,1-8H3,(H,29,31)(H,30,34)(H,32,33). The number of carboxylic acid groups (broad SMARTS) is 1. The van der Waals surface area contributed by atoms with Gasteiger partial charge >= 0.3 is 5.97 Å². The van der Waals surface area contributed by atoms with Gasteiger partial charge in [0.25, 0.3) is 0 Å². The zero-order valence-electron chi connectivity index (χ0n) is 24.3. The van der Waals surface area contributed by atoms with Crippen molar-refractivity contribution < 1.29 is 24.2 Å². The summed E-state index contributed by atoms with van der Waals surface area (Å²) >= 11 is 1.72. The van der Waals surface area contributed by atoms with Crippen molar-refractivity contribution in [3.05, 3.63) is 0 Å². The van der Waals surface area contributed by atoms with E-state index in [9.17, 15) is 19.5 Å². The number of aliphatic carboxylic acids is 1. The lowest BCUT2D eigenvalue weighted by molar-refractivity contribution is -0.145. The zero-order valence-corrected chi connectivity index (χ0v) is 25.1.